The van der Waals surface area contributed by atoms with E-state index in [1.165, 1.54) is 0 Å². The van der Waals surface area contributed by atoms with E-state index in [0.717, 1.165) is 12.8 Å². The molecule has 0 aromatic heterocycles. The van der Waals surface area contributed by atoms with Crippen molar-refractivity contribution in [3.05, 3.63) is 0 Å². The van der Waals surface area contributed by atoms with Gasteiger partial charge in [0.2, 0.25) is 0 Å². The summed E-state index contributed by atoms with van der Waals surface area (Å²) < 4.78 is 5.17. The molecule has 1 atom stereocenters. The number of esters is 1. The van der Waals surface area contributed by atoms with Crippen LogP contribution in [0.25, 0.3) is 0 Å². The number of aliphatic imine (C=N–C) groups is 1. The summed E-state index contributed by atoms with van der Waals surface area (Å²) in [7, 11) is 3.76. The molecule has 0 aliphatic carbocycles. The maximum Gasteiger partial charge on any atom is 0.331 e. The van der Waals surface area contributed by atoms with Crippen LogP contribution in [0.15, 0.2) is 4.99 Å². The van der Waals surface area contributed by atoms with E-state index in [2.05, 4.69) is 11.9 Å². The number of hydrogen-bond acceptors (Lipinski definition) is 3. The van der Waals surface area contributed by atoms with E-state index >= 15 is 0 Å². The summed E-state index contributed by atoms with van der Waals surface area (Å²) in [6.45, 7) is 6.51. The summed E-state index contributed by atoms with van der Waals surface area (Å²) in [6.07, 6.45) is 3.60. The van der Waals surface area contributed by atoms with Crippen LogP contribution in [-0.4, -0.2) is 44.0 Å². The summed E-state index contributed by atoms with van der Waals surface area (Å²) in [6, 6.07) is -0.390. The van der Waals surface area contributed by atoms with Gasteiger partial charge in [-0.1, -0.05) is 27.2 Å². The second-order valence-electron chi connectivity index (χ2n) is 4.44. The SMILES string of the molecule is CCCCOC(=O)C(N=CN(C)C)C(C)C. The van der Waals surface area contributed by atoms with Crippen molar-refractivity contribution in [2.75, 3.05) is 20.7 Å². The Bertz CT molecular complexity index is 225. The van der Waals surface area contributed by atoms with Gasteiger partial charge >= 0.3 is 5.97 Å². The van der Waals surface area contributed by atoms with Crippen LogP contribution in [0, 0.1) is 5.92 Å². The first kappa shape index (κ1) is 14.9. The lowest BCUT2D eigenvalue weighted by Gasteiger charge is -2.16. The lowest BCUT2D eigenvalue weighted by molar-refractivity contribution is -0.146. The summed E-state index contributed by atoms with van der Waals surface area (Å²) in [5.41, 5.74) is 0. The first-order valence-electron chi connectivity index (χ1n) is 5.85. The molecule has 0 radical (unpaired) electrons. The molecular formula is C12H24N2O2. The molecule has 0 saturated heterocycles. The number of nitrogens with zero attached hydrogens (tertiary/aromatic N) is 2. The molecule has 0 rings (SSSR count). The molecule has 0 spiro atoms. The number of ether oxygens (including phenoxy) is 1. The van der Waals surface area contributed by atoms with Gasteiger partial charge in [0.15, 0.2) is 6.04 Å². The van der Waals surface area contributed by atoms with E-state index in [4.69, 9.17) is 4.74 Å². The predicted octanol–water partition coefficient (Wildman–Crippen LogP) is 1.94. The fourth-order valence-corrected chi connectivity index (χ4v) is 1.11. The van der Waals surface area contributed by atoms with Gasteiger partial charge in [0.1, 0.15) is 0 Å². The largest absolute Gasteiger partial charge is 0.464 e. The summed E-state index contributed by atoms with van der Waals surface area (Å²) >= 11 is 0. The van der Waals surface area contributed by atoms with Gasteiger partial charge in [-0.25, -0.2) is 4.79 Å². The molecule has 16 heavy (non-hydrogen) atoms. The van der Waals surface area contributed by atoms with Gasteiger partial charge in [-0.15, -0.1) is 0 Å². The van der Waals surface area contributed by atoms with Crippen molar-refractivity contribution in [3.63, 3.8) is 0 Å². The van der Waals surface area contributed by atoms with E-state index in [-0.39, 0.29) is 17.9 Å². The van der Waals surface area contributed by atoms with Crippen LogP contribution >= 0.6 is 0 Å². The van der Waals surface area contributed by atoms with Crippen molar-refractivity contribution in [1.82, 2.24) is 4.90 Å². The van der Waals surface area contributed by atoms with Crippen LogP contribution in [0.3, 0.4) is 0 Å². The number of unbranched alkanes of at least 4 members (excludes halogenated alkanes) is 1. The van der Waals surface area contributed by atoms with Crippen LogP contribution in [-0.2, 0) is 9.53 Å². The van der Waals surface area contributed by atoms with Crippen molar-refractivity contribution >= 4 is 12.3 Å². The molecule has 0 amide bonds. The molecule has 94 valence electrons. The van der Waals surface area contributed by atoms with Gasteiger partial charge in [0.25, 0.3) is 0 Å². The second kappa shape index (κ2) is 8.13. The Hall–Kier alpha value is -1.06. The minimum Gasteiger partial charge on any atom is -0.464 e. The highest BCUT2D eigenvalue weighted by Gasteiger charge is 2.22. The molecule has 0 fully saturated rings. The third-order valence-electron chi connectivity index (χ3n) is 2.07. The molecule has 0 N–H and O–H groups in total. The topological polar surface area (TPSA) is 41.9 Å². The lowest BCUT2D eigenvalue weighted by atomic mass is 10.1. The maximum atomic E-state index is 11.7. The van der Waals surface area contributed by atoms with Gasteiger partial charge in [-0.3, -0.25) is 4.99 Å². The van der Waals surface area contributed by atoms with Crippen molar-refractivity contribution in [1.29, 1.82) is 0 Å². The fourth-order valence-electron chi connectivity index (χ4n) is 1.11. The fraction of sp³-hybridized carbons (Fsp3) is 0.833. The smallest absolute Gasteiger partial charge is 0.331 e. The number of carbonyl (C=O) groups excluding carboxylic acids is 1. The minimum absolute atomic E-state index is 0.158. The van der Waals surface area contributed by atoms with Crippen molar-refractivity contribution < 1.29 is 9.53 Å². The Morgan fingerprint density at radius 3 is 2.50 bits per heavy atom. The van der Waals surface area contributed by atoms with Gasteiger partial charge in [0, 0.05) is 14.1 Å². The van der Waals surface area contributed by atoms with E-state index < -0.39 is 0 Å². The molecule has 0 aromatic carbocycles. The van der Waals surface area contributed by atoms with E-state index in [1.807, 2.05) is 32.8 Å². The molecule has 0 bridgehead atoms. The van der Waals surface area contributed by atoms with Gasteiger partial charge < -0.3 is 9.64 Å². The van der Waals surface area contributed by atoms with Crippen LogP contribution in [0.1, 0.15) is 33.6 Å². The third-order valence-corrected chi connectivity index (χ3v) is 2.07. The highest BCUT2D eigenvalue weighted by Crippen LogP contribution is 2.08. The molecule has 4 nitrogen and oxygen atoms in total. The van der Waals surface area contributed by atoms with Gasteiger partial charge in [-0.05, 0) is 12.3 Å². The maximum absolute atomic E-state index is 11.7. The van der Waals surface area contributed by atoms with Crippen LogP contribution < -0.4 is 0 Å². The van der Waals surface area contributed by atoms with Crippen LogP contribution in [0.4, 0.5) is 0 Å². The minimum atomic E-state index is -0.390. The Balaban J connectivity index is 4.25. The average molecular weight is 228 g/mol. The van der Waals surface area contributed by atoms with Crippen molar-refractivity contribution in [3.8, 4) is 0 Å². The summed E-state index contributed by atoms with van der Waals surface area (Å²) in [4.78, 5) is 17.8. The highest BCUT2D eigenvalue weighted by atomic mass is 16.5. The molecule has 0 aliphatic heterocycles. The highest BCUT2D eigenvalue weighted by molar-refractivity contribution is 5.78. The van der Waals surface area contributed by atoms with Crippen molar-refractivity contribution in [2.24, 2.45) is 10.9 Å². The van der Waals surface area contributed by atoms with Crippen molar-refractivity contribution in [2.45, 2.75) is 39.7 Å². The standard InChI is InChI=1S/C12H24N2O2/c1-6-7-8-16-12(15)11(10(2)3)13-9-14(4)5/h9-11H,6-8H2,1-5H3. The van der Waals surface area contributed by atoms with Crippen LogP contribution in [0.2, 0.25) is 0 Å². The van der Waals surface area contributed by atoms with E-state index in [9.17, 15) is 4.79 Å². The Labute approximate surface area is 98.7 Å². The Morgan fingerprint density at radius 2 is 2.06 bits per heavy atom. The molecule has 0 aromatic rings. The van der Waals surface area contributed by atoms with Gasteiger partial charge in [0.05, 0.1) is 12.9 Å². The molecule has 1 unspecified atom stereocenters. The zero-order chi connectivity index (χ0) is 12.6. The molecule has 0 aliphatic rings. The monoisotopic (exact) mass is 228 g/mol. The number of rotatable bonds is 7. The quantitative estimate of drug-likeness (QED) is 0.289. The zero-order valence-corrected chi connectivity index (χ0v) is 11.1. The summed E-state index contributed by atoms with van der Waals surface area (Å²) in [5.74, 6) is -0.0631. The first-order valence-corrected chi connectivity index (χ1v) is 5.85. The molecule has 0 saturated carbocycles. The van der Waals surface area contributed by atoms with E-state index in [0.29, 0.717) is 6.61 Å². The number of hydrogen-bond donors (Lipinski definition) is 0. The predicted molar refractivity (Wildman–Crippen MR) is 66.7 cm³/mol. The Morgan fingerprint density at radius 1 is 1.44 bits per heavy atom. The molecule has 0 heterocycles. The zero-order valence-electron chi connectivity index (χ0n) is 11.1. The van der Waals surface area contributed by atoms with Crippen LogP contribution in [0.5, 0.6) is 0 Å². The molecular weight excluding hydrogens is 204 g/mol. The third kappa shape index (κ3) is 6.43. The molecule has 4 heteroatoms. The van der Waals surface area contributed by atoms with Gasteiger partial charge in [-0.2, -0.15) is 0 Å². The summed E-state index contributed by atoms with van der Waals surface area (Å²) in [5, 5.41) is 0. The first-order chi connectivity index (χ1) is 7.49. The van der Waals surface area contributed by atoms with E-state index in [1.54, 1.807) is 6.34 Å². The lowest BCUT2D eigenvalue weighted by Crippen LogP contribution is -2.28. The normalized spacial score (nSPS) is 13.1. The second-order valence-corrected chi connectivity index (χ2v) is 4.44. The Kier molecular flexibility index (Phi) is 7.60. The average Bonchev–Trinajstić information content (AvgIpc) is 2.17. The number of carbonyl (C=O) groups is 1.